The summed E-state index contributed by atoms with van der Waals surface area (Å²) in [6.07, 6.45) is 0.158. The van der Waals surface area contributed by atoms with Crippen molar-refractivity contribution in [2.45, 2.75) is 37.6 Å². The maximum atomic E-state index is 13.1. The minimum atomic E-state index is -2.62. The third-order valence-electron chi connectivity index (χ3n) is 3.54. The number of hydrogen-bond acceptors (Lipinski definition) is 1. The van der Waals surface area contributed by atoms with Crippen LogP contribution < -0.4 is 5.73 Å². The Bertz CT molecular complexity index is 403. The molecule has 1 atom stereocenters. The summed E-state index contributed by atoms with van der Waals surface area (Å²) in [5.74, 6) is -4.15. The van der Waals surface area contributed by atoms with E-state index in [4.69, 9.17) is 5.73 Å². The molecule has 100 valence electrons. The summed E-state index contributed by atoms with van der Waals surface area (Å²) >= 11 is 0. The quantitative estimate of drug-likeness (QED) is 0.805. The van der Waals surface area contributed by atoms with Gasteiger partial charge in [0.2, 0.25) is 5.92 Å². The Morgan fingerprint density at radius 3 is 2.06 bits per heavy atom. The van der Waals surface area contributed by atoms with Gasteiger partial charge in [-0.3, -0.25) is 0 Å². The van der Waals surface area contributed by atoms with E-state index in [-0.39, 0.29) is 31.6 Å². The van der Waals surface area contributed by atoms with E-state index in [1.165, 1.54) is 12.1 Å². The lowest BCUT2D eigenvalue weighted by Gasteiger charge is -2.32. The molecule has 1 aromatic rings. The minimum absolute atomic E-state index is 0.147. The van der Waals surface area contributed by atoms with Gasteiger partial charge in [0.1, 0.15) is 11.6 Å². The first-order valence-electron chi connectivity index (χ1n) is 5.97. The Labute approximate surface area is 103 Å². The summed E-state index contributed by atoms with van der Waals surface area (Å²) in [6.45, 7) is 0. The van der Waals surface area contributed by atoms with E-state index in [1.54, 1.807) is 0 Å². The van der Waals surface area contributed by atoms with Crippen LogP contribution in [-0.2, 0) is 0 Å². The average molecular weight is 261 g/mol. The van der Waals surface area contributed by atoms with Gasteiger partial charge in [0.15, 0.2) is 0 Å². The maximum Gasteiger partial charge on any atom is 0.248 e. The summed E-state index contributed by atoms with van der Waals surface area (Å²) < 4.78 is 52.1. The maximum absolute atomic E-state index is 13.1. The van der Waals surface area contributed by atoms with E-state index in [9.17, 15) is 17.6 Å². The Morgan fingerprint density at radius 2 is 1.56 bits per heavy atom. The standard InChI is InChI=1S/C13H15F4N/c14-10-5-9(6-11(15)7-10)12(18)8-1-3-13(16,17)4-2-8/h5-8,12H,1-4,18H2. The van der Waals surface area contributed by atoms with Crippen LogP contribution in [0.4, 0.5) is 17.6 Å². The predicted molar refractivity (Wildman–Crippen MR) is 60.2 cm³/mol. The molecular formula is C13H15F4N. The Morgan fingerprint density at radius 1 is 1.06 bits per heavy atom. The van der Waals surface area contributed by atoms with Crippen molar-refractivity contribution < 1.29 is 17.6 Å². The smallest absolute Gasteiger partial charge is 0.248 e. The molecule has 0 aromatic heterocycles. The van der Waals surface area contributed by atoms with Gasteiger partial charge in [-0.15, -0.1) is 0 Å². The van der Waals surface area contributed by atoms with E-state index in [1.807, 2.05) is 0 Å². The van der Waals surface area contributed by atoms with Crippen molar-refractivity contribution >= 4 is 0 Å². The lowest BCUT2D eigenvalue weighted by atomic mass is 9.80. The van der Waals surface area contributed by atoms with Gasteiger partial charge in [0, 0.05) is 24.9 Å². The van der Waals surface area contributed by atoms with Gasteiger partial charge < -0.3 is 5.73 Å². The molecule has 1 saturated carbocycles. The molecule has 1 aliphatic carbocycles. The molecule has 2 N–H and O–H groups in total. The molecule has 2 rings (SSSR count). The van der Waals surface area contributed by atoms with Crippen molar-refractivity contribution in [1.82, 2.24) is 0 Å². The highest BCUT2D eigenvalue weighted by atomic mass is 19.3. The van der Waals surface area contributed by atoms with Crippen LogP contribution in [-0.4, -0.2) is 5.92 Å². The van der Waals surface area contributed by atoms with E-state index in [2.05, 4.69) is 0 Å². The first-order valence-corrected chi connectivity index (χ1v) is 5.97. The second-order valence-corrected chi connectivity index (χ2v) is 4.92. The number of rotatable bonds is 2. The van der Waals surface area contributed by atoms with Crippen LogP contribution in [0.2, 0.25) is 0 Å². The molecule has 0 aliphatic heterocycles. The third-order valence-corrected chi connectivity index (χ3v) is 3.54. The zero-order chi connectivity index (χ0) is 13.3. The summed E-state index contributed by atoms with van der Waals surface area (Å²) in [6, 6.07) is 2.51. The fraction of sp³-hybridized carbons (Fsp3) is 0.538. The normalized spacial score (nSPS) is 21.8. The molecule has 1 unspecified atom stereocenters. The van der Waals surface area contributed by atoms with Gasteiger partial charge in [0.25, 0.3) is 0 Å². The van der Waals surface area contributed by atoms with Crippen molar-refractivity contribution in [2.75, 3.05) is 0 Å². The minimum Gasteiger partial charge on any atom is -0.324 e. The van der Waals surface area contributed by atoms with E-state index >= 15 is 0 Å². The van der Waals surface area contributed by atoms with E-state index in [0.29, 0.717) is 5.56 Å². The summed E-state index contributed by atoms with van der Waals surface area (Å²) in [4.78, 5) is 0. The summed E-state index contributed by atoms with van der Waals surface area (Å²) in [7, 11) is 0. The van der Waals surface area contributed by atoms with Crippen molar-refractivity contribution in [3.05, 3.63) is 35.4 Å². The van der Waals surface area contributed by atoms with Gasteiger partial charge >= 0.3 is 0 Å². The van der Waals surface area contributed by atoms with Crippen molar-refractivity contribution in [2.24, 2.45) is 11.7 Å². The topological polar surface area (TPSA) is 26.0 Å². The van der Waals surface area contributed by atoms with Crippen LogP contribution in [0.3, 0.4) is 0 Å². The van der Waals surface area contributed by atoms with E-state index in [0.717, 1.165) is 6.07 Å². The second-order valence-electron chi connectivity index (χ2n) is 4.92. The largest absolute Gasteiger partial charge is 0.324 e. The molecule has 1 aliphatic rings. The zero-order valence-corrected chi connectivity index (χ0v) is 9.80. The number of nitrogens with two attached hydrogens (primary N) is 1. The number of alkyl halides is 2. The second kappa shape index (κ2) is 4.88. The number of benzene rings is 1. The zero-order valence-electron chi connectivity index (χ0n) is 9.80. The van der Waals surface area contributed by atoms with Gasteiger partial charge in [-0.25, -0.2) is 17.6 Å². The molecule has 5 heteroatoms. The SMILES string of the molecule is NC(c1cc(F)cc(F)c1)C1CCC(F)(F)CC1. The third kappa shape index (κ3) is 3.02. The molecule has 1 aromatic carbocycles. The Hall–Kier alpha value is -1.10. The van der Waals surface area contributed by atoms with Gasteiger partial charge in [-0.05, 0) is 36.5 Å². The first kappa shape index (κ1) is 13.3. The molecule has 0 radical (unpaired) electrons. The molecular weight excluding hydrogens is 246 g/mol. The number of halogens is 4. The predicted octanol–water partition coefficient (Wildman–Crippen LogP) is 3.79. The molecule has 0 saturated heterocycles. The van der Waals surface area contributed by atoms with Crippen molar-refractivity contribution in [1.29, 1.82) is 0 Å². The van der Waals surface area contributed by atoms with Crippen LogP contribution in [0.1, 0.15) is 37.3 Å². The van der Waals surface area contributed by atoms with Crippen LogP contribution in [0.15, 0.2) is 18.2 Å². The molecule has 1 nitrogen and oxygen atoms in total. The van der Waals surface area contributed by atoms with Crippen molar-refractivity contribution in [3.8, 4) is 0 Å². The molecule has 0 amide bonds. The Balaban J connectivity index is 2.09. The van der Waals surface area contributed by atoms with Crippen LogP contribution in [0.25, 0.3) is 0 Å². The highest BCUT2D eigenvalue weighted by Crippen LogP contribution is 2.40. The lowest BCUT2D eigenvalue weighted by Crippen LogP contribution is -2.31. The van der Waals surface area contributed by atoms with Crippen molar-refractivity contribution in [3.63, 3.8) is 0 Å². The monoisotopic (exact) mass is 261 g/mol. The summed E-state index contributed by atoms with van der Waals surface area (Å²) in [5.41, 5.74) is 6.25. The molecule has 0 bridgehead atoms. The van der Waals surface area contributed by atoms with E-state index < -0.39 is 23.6 Å². The average Bonchev–Trinajstić information content (AvgIpc) is 2.27. The van der Waals surface area contributed by atoms with Gasteiger partial charge in [0.05, 0.1) is 0 Å². The van der Waals surface area contributed by atoms with Crippen LogP contribution in [0.5, 0.6) is 0 Å². The fourth-order valence-corrected chi connectivity index (χ4v) is 2.46. The van der Waals surface area contributed by atoms with Crippen LogP contribution in [0, 0.1) is 17.6 Å². The van der Waals surface area contributed by atoms with Crippen LogP contribution >= 0.6 is 0 Å². The first-order chi connectivity index (χ1) is 8.37. The summed E-state index contributed by atoms with van der Waals surface area (Å²) in [5, 5.41) is 0. The molecule has 1 fully saturated rings. The number of hydrogen-bond donors (Lipinski definition) is 1. The highest BCUT2D eigenvalue weighted by molar-refractivity contribution is 5.22. The van der Waals surface area contributed by atoms with Gasteiger partial charge in [-0.1, -0.05) is 0 Å². The molecule has 18 heavy (non-hydrogen) atoms. The van der Waals surface area contributed by atoms with Gasteiger partial charge in [-0.2, -0.15) is 0 Å². The fourth-order valence-electron chi connectivity index (χ4n) is 2.46. The highest BCUT2D eigenvalue weighted by Gasteiger charge is 2.37. The lowest BCUT2D eigenvalue weighted by molar-refractivity contribution is -0.0483. The molecule has 0 heterocycles. The molecule has 0 spiro atoms. The Kier molecular flexibility index (Phi) is 3.61.